The molecule has 0 fully saturated rings. The Morgan fingerprint density at radius 1 is 0.917 bits per heavy atom. The molecular formula is C19H28O5. The van der Waals surface area contributed by atoms with E-state index in [1.807, 2.05) is 0 Å². The molecule has 24 heavy (non-hydrogen) atoms. The Kier molecular flexibility index (Phi) is 10.3. The number of benzene rings is 1. The molecule has 0 saturated carbocycles. The van der Waals surface area contributed by atoms with E-state index in [0.717, 1.165) is 6.42 Å². The van der Waals surface area contributed by atoms with Gasteiger partial charge >= 0.3 is 11.9 Å². The summed E-state index contributed by atoms with van der Waals surface area (Å²) in [6, 6.07) is 6.55. The molecule has 0 radical (unpaired) electrons. The third-order valence-corrected chi connectivity index (χ3v) is 3.68. The highest BCUT2D eigenvalue weighted by Gasteiger charge is 2.09. The minimum atomic E-state index is -1.17. The van der Waals surface area contributed by atoms with Crippen molar-refractivity contribution in [3.8, 4) is 5.75 Å². The van der Waals surface area contributed by atoms with Crippen LogP contribution in [0.2, 0.25) is 0 Å². The van der Waals surface area contributed by atoms with Crippen molar-refractivity contribution < 1.29 is 24.2 Å². The summed E-state index contributed by atoms with van der Waals surface area (Å²) < 4.78 is 10.2. The van der Waals surface area contributed by atoms with E-state index in [9.17, 15) is 9.59 Å². The standard InChI is InChI=1S/C19H28O5/c1-2-3-4-5-6-7-8-9-14-23-17-12-10-16(11-13-17)19(22)24-15-18(20)21/h10-13H,2-9,14-15H2,1H3,(H,20,21). The number of ether oxygens (including phenoxy) is 2. The van der Waals surface area contributed by atoms with Crippen LogP contribution in [0.4, 0.5) is 0 Å². The van der Waals surface area contributed by atoms with Crippen LogP contribution in [0, 0.1) is 0 Å². The molecule has 134 valence electrons. The largest absolute Gasteiger partial charge is 0.494 e. The van der Waals surface area contributed by atoms with Crippen molar-refractivity contribution in [3.63, 3.8) is 0 Å². The zero-order valence-electron chi connectivity index (χ0n) is 14.5. The number of esters is 1. The molecule has 0 unspecified atom stereocenters. The maximum Gasteiger partial charge on any atom is 0.341 e. The van der Waals surface area contributed by atoms with Crippen LogP contribution in [-0.2, 0) is 9.53 Å². The lowest BCUT2D eigenvalue weighted by Crippen LogP contribution is -2.13. The van der Waals surface area contributed by atoms with Gasteiger partial charge in [0.25, 0.3) is 0 Å². The molecule has 0 heterocycles. The van der Waals surface area contributed by atoms with Gasteiger partial charge in [0, 0.05) is 0 Å². The van der Waals surface area contributed by atoms with Crippen molar-refractivity contribution in [2.24, 2.45) is 0 Å². The number of carbonyl (C=O) groups excluding carboxylic acids is 1. The van der Waals surface area contributed by atoms with Gasteiger partial charge in [-0.05, 0) is 30.7 Å². The average Bonchev–Trinajstić information content (AvgIpc) is 2.58. The third-order valence-electron chi connectivity index (χ3n) is 3.68. The molecule has 1 N–H and O–H groups in total. The second-order valence-electron chi connectivity index (χ2n) is 5.82. The summed E-state index contributed by atoms with van der Waals surface area (Å²) >= 11 is 0. The summed E-state index contributed by atoms with van der Waals surface area (Å²) in [4.78, 5) is 21.9. The summed E-state index contributed by atoms with van der Waals surface area (Å²) in [7, 11) is 0. The van der Waals surface area contributed by atoms with Gasteiger partial charge in [0.1, 0.15) is 5.75 Å². The number of hydrogen-bond acceptors (Lipinski definition) is 4. The van der Waals surface area contributed by atoms with Crippen molar-refractivity contribution in [2.45, 2.75) is 58.3 Å². The maximum absolute atomic E-state index is 11.6. The minimum Gasteiger partial charge on any atom is -0.494 e. The van der Waals surface area contributed by atoms with Crippen LogP contribution in [-0.4, -0.2) is 30.3 Å². The van der Waals surface area contributed by atoms with Crippen molar-refractivity contribution >= 4 is 11.9 Å². The first-order chi connectivity index (χ1) is 11.6. The molecule has 5 heteroatoms. The van der Waals surface area contributed by atoms with E-state index in [-0.39, 0.29) is 0 Å². The monoisotopic (exact) mass is 336 g/mol. The fourth-order valence-corrected chi connectivity index (χ4v) is 2.32. The summed E-state index contributed by atoms with van der Waals surface area (Å²) in [6.07, 6.45) is 10.0. The van der Waals surface area contributed by atoms with Gasteiger partial charge < -0.3 is 14.6 Å². The average molecular weight is 336 g/mol. The van der Waals surface area contributed by atoms with E-state index in [1.54, 1.807) is 24.3 Å². The van der Waals surface area contributed by atoms with Gasteiger partial charge in [0.15, 0.2) is 6.61 Å². The van der Waals surface area contributed by atoms with Crippen LogP contribution in [0.3, 0.4) is 0 Å². The van der Waals surface area contributed by atoms with Gasteiger partial charge in [-0.15, -0.1) is 0 Å². The Bertz CT molecular complexity index is 481. The molecule has 0 aliphatic rings. The van der Waals surface area contributed by atoms with Crippen molar-refractivity contribution in [1.29, 1.82) is 0 Å². The molecule has 0 spiro atoms. The number of unbranched alkanes of at least 4 members (excludes halogenated alkanes) is 7. The third kappa shape index (κ3) is 9.18. The van der Waals surface area contributed by atoms with E-state index in [4.69, 9.17) is 9.84 Å². The summed E-state index contributed by atoms with van der Waals surface area (Å²) in [5, 5.41) is 8.47. The van der Waals surface area contributed by atoms with Gasteiger partial charge in [-0.2, -0.15) is 0 Å². The molecule has 1 aromatic carbocycles. The molecule has 0 aromatic heterocycles. The number of hydrogen-bond donors (Lipinski definition) is 1. The van der Waals surface area contributed by atoms with Crippen molar-refractivity contribution in [3.05, 3.63) is 29.8 Å². The lowest BCUT2D eigenvalue weighted by atomic mass is 10.1. The second-order valence-corrected chi connectivity index (χ2v) is 5.82. The normalized spacial score (nSPS) is 10.4. The van der Waals surface area contributed by atoms with Crippen LogP contribution in [0.5, 0.6) is 5.75 Å². The molecule has 1 rings (SSSR count). The highest BCUT2D eigenvalue weighted by Crippen LogP contribution is 2.14. The Morgan fingerprint density at radius 3 is 2.08 bits per heavy atom. The molecule has 0 bridgehead atoms. The molecule has 0 atom stereocenters. The van der Waals surface area contributed by atoms with E-state index in [1.165, 1.54) is 44.9 Å². The van der Waals surface area contributed by atoms with Gasteiger partial charge in [0.2, 0.25) is 0 Å². The highest BCUT2D eigenvalue weighted by atomic mass is 16.5. The Morgan fingerprint density at radius 2 is 1.50 bits per heavy atom. The fraction of sp³-hybridized carbons (Fsp3) is 0.579. The predicted molar refractivity (Wildman–Crippen MR) is 92.5 cm³/mol. The fourth-order valence-electron chi connectivity index (χ4n) is 2.32. The molecule has 0 aliphatic carbocycles. The van der Waals surface area contributed by atoms with Crippen molar-refractivity contribution in [2.75, 3.05) is 13.2 Å². The molecule has 0 amide bonds. The first kappa shape index (κ1) is 20.0. The predicted octanol–water partition coefficient (Wildman–Crippen LogP) is 4.45. The van der Waals surface area contributed by atoms with Gasteiger partial charge in [-0.3, -0.25) is 0 Å². The summed E-state index contributed by atoms with van der Waals surface area (Å²) in [5.41, 5.74) is 0.315. The maximum atomic E-state index is 11.6. The SMILES string of the molecule is CCCCCCCCCCOc1ccc(C(=O)OCC(=O)O)cc1. The first-order valence-electron chi connectivity index (χ1n) is 8.75. The molecular weight excluding hydrogens is 308 g/mol. The van der Waals surface area contributed by atoms with Crippen LogP contribution >= 0.6 is 0 Å². The number of aliphatic carboxylic acids is 1. The Balaban J connectivity index is 2.14. The Labute approximate surface area is 144 Å². The zero-order chi connectivity index (χ0) is 17.6. The van der Waals surface area contributed by atoms with E-state index in [2.05, 4.69) is 11.7 Å². The first-order valence-corrected chi connectivity index (χ1v) is 8.75. The van der Waals surface area contributed by atoms with Crippen LogP contribution in [0.25, 0.3) is 0 Å². The van der Waals surface area contributed by atoms with Crippen LogP contribution in [0.1, 0.15) is 68.6 Å². The number of rotatable bonds is 13. The smallest absolute Gasteiger partial charge is 0.341 e. The lowest BCUT2D eigenvalue weighted by Gasteiger charge is -2.07. The quantitative estimate of drug-likeness (QED) is 0.425. The number of carboxylic acid groups (broad SMARTS) is 1. The molecule has 0 saturated heterocycles. The van der Waals surface area contributed by atoms with E-state index < -0.39 is 18.5 Å². The second kappa shape index (κ2) is 12.4. The van der Waals surface area contributed by atoms with Crippen molar-refractivity contribution in [1.82, 2.24) is 0 Å². The number of carbonyl (C=O) groups is 2. The number of carboxylic acids is 1. The Hall–Kier alpha value is -2.04. The molecule has 0 aliphatic heterocycles. The van der Waals surface area contributed by atoms with Gasteiger partial charge in [-0.1, -0.05) is 51.9 Å². The highest BCUT2D eigenvalue weighted by molar-refractivity contribution is 5.90. The van der Waals surface area contributed by atoms with E-state index in [0.29, 0.717) is 17.9 Å². The van der Waals surface area contributed by atoms with Crippen LogP contribution < -0.4 is 4.74 Å². The minimum absolute atomic E-state index is 0.315. The topological polar surface area (TPSA) is 72.8 Å². The molecule has 1 aromatic rings. The van der Waals surface area contributed by atoms with Gasteiger partial charge in [0.05, 0.1) is 12.2 Å². The van der Waals surface area contributed by atoms with E-state index >= 15 is 0 Å². The molecule has 5 nitrogen and oxygen atoms in total. The lowest BCUT2D eigenvalue weighted by molar-refractivity contribution is -0.140. The van der Waals surface area contributed by atoms with Gasteiger partial charge in [-0.25, -0.2) is 9.59 Å². The summed E-state index contributed by atoms with van der Waals surface area (Å²) in [5.74, 6) is -1.12. The zero-order valence-corrected chi connectivity index (χ0v) is 14.5. The summed E-state index contributed by atoms with van der Waals surface area (Å²) in [6.45, 7) is 2.26. The van der Waals surface area contributed by atoms with Crippen LogP contribution in [0.15, 0.2) is 24.3 Å².